The van der Waals surface area contributed by atoms with Crippen LogP contribution in [-0.2, 0) is 33.3 Å². The van der Waals surface area contributed by atoms with Crippen LogP contribution >= 0.6 is 0 Å². The molecule has 0 saturated heterocycles. The molecule has 0 spiro atoms. The van der Waals surface area contributed by atoms with Crippen LogP contribution in [0.3, 0.4) is 0 Å². The number of allylic oxidation sites excluding steroid dienone is 24. The molecule has 0 aromatic rings. The predicted molar refractivity (Wildman–Crippen MR) is 338 cm³/mol. The molecule has 452 valence electrons. The van der Waals surface area contributed by atoms with E-state index in [1.165, 1.54) is 51.4 Å². The SMILES string of the molecule is CC/C=C\C/C=C\C/C=C\C/C=C\C/C=C\C/C=C\C/C=C\C/C=C\C/C=C\C/C=C\C/C=C\CCCCCCCC(=O)OC(COC(=O)CCCCCCC/C=C\CCCCCCCCC)COC(OCC[N+](C)(C)C)C(=O)[O-]. The Kier molecular flexibility index (Phi) is 56.6. The van der Waals surface area contributed by atoms with E-state index >= 15 is 0 Å². The third-order valence-electron chi connectivity index (χ3n) is 12.8. The summed E-state index contributed by atoms with van der Waals surface area (Å²) < 4.78 is 22.7. The van der Waals surface area contributed by atoms with E-state index in [2.05, 4.69) is 160 Å². The zero-order valence-corrected chi connectivity index (χ0v) is 51.4. The summed E-state index contributed by atoms with van der Waals surface area (Å²) in [6, 6.07) is 0. The largest absolute Gasteiger partial charge is 0.545 e. The average molecular weight is 1110 g/mol. The van der Waals surface area contributed by atoms with E-state index in [1.807, 2.05) is 21.1 Å². The second-order valence-electron chi connectivity index (χ2n) is 21.6. The number of carboxylic acid groups (broad SMARTS) is 1. The molecular formula is C71H115NO8. The van der Waals surface area contributed by atoms with Crippen molar-refractivity contribution in [1.82, 2.24) is 0 Å². The molecule has 0 heterocycles. The van der Waals surface area contributed by atoms with Crippen molar-refractivity contribution in [2.45, 2.75) is 238 Å². The number of carbonyl (C=O) groups excluding carboxylic acids is 3. The Balaban J connectivity index is 4.25. The number of nitrogens with zero attached hydrogens (tertiary/aromatic N) is 1. The van der Waals surface area contributed by atoms with Crippen molar-refractivity contribution < 1.29 is 42.9 Å². The lowest BCUT2D eigenvalue weighted by Gasteiger charge is -2.26. The Morgan fingerprint density at radius 3 is 1.07 bits per heavy atom. The number of hydrogen-bond donors (Lipinski definition) is 0. The molecule has 0 saturated carbocycles. The second kappa shape index (κ2) is 60.3. The van der Waals surface area contributed by atoms with Gasteiger partial charge in [0, 0.05) is 12.8 Å². The monoisotopic (exact) mass is 1110 g/mol. The fourth-order valence-corrected chi connectivity index (χ4v) is 8.00. The molecule has 80 heavy (non-hydrogen) atoms. The van der Waals surface area contributed by atoms with Gasteiger partial charge in [-0.3, -0.25) is 9.59 Å². The van der Waals surface area contributed by atoms with Crippen LogP contribution in [0.2, 0.25) is 0 Å². The van der Waals surface area contributed by atoms with E-state index in [1.54, 1.807) is 0 Å². The van der Waals surface area contributed by atoms with Gasteiger partial charge in [-0.05, 0) is 122 Å². The van der Waals surface area contributed by atoms with Crippen LogP contribution in [0.25, 0.3) is 0 Å². The van der Waals surface area contributed by atoms with E-state index < -0.39 is 24.3 Å². The van der Waals surface area contributed by atoms with E-state index in [0.717, 1.165) is 141 Å². The van der Waals surface area contributed by atoms with Gasteiger partial charge < -0.3 is 33.3 Å². The molecule has 0 aliphatic rings. The average Bonchev–Trinajstić information content (AvgIpc) is 3.43. The van der Waals surface area contributed by atoms with Crippen LogP contribution in [0.1, 0.15) is 226 Å². The Labute approximate surface area is 490 Å². The lowest BCUT2D eigenvalue weighted by molar-refractivity contribution is -0.870. The number of ether oxygens (including phenoxy) is 4. The first-order chi connectivity index (χ1) is 39.1. The minimum absolute atomic E-state index is 0.135. The molecular weight excluding hydrogens is 995 g/mol. The zero-order chi connectivity index (χ0) is 58.3. The molecule has 0 bridgehead atoms. The molecule has 0 aliphatic heterocycles. The number of quaternary nitrogens is 1. The first-order valence-corrected chi connectivity index (χ1v) is 31.5. The molecule has 0 rings (SSSR count). The topological polar surface area (TPSA) is 111 Å². The lowest BCUT2D eigenvalue weighted by atomic mass is 10.1. The van der Waals surface area contributed by atoms with E-state index in [4.69, 9.17) is 18.9 Å². The summed E-state index contributed by atoms with van der Waals surface area (Å²) in [5, 5.41) is 11.8. The van der Waals surface area contributed by atoms with Gasteiger partial charge in [-0.1, -0.05) is 237 Å². The predicted octanol–water partition coefficient (Wildman–Crippen LogP) is 17.8. The number of unbranched alkanes of at least 4 members (excludes halogenated alkanes) is 17. The summed E-state index contributed by atoms with van der Waals surface area (Å²) in [4.78, 5) is 37.3. The van der Waals surface area contributed by atoms with Gasteiger partial charge in [0.2, 0.25) is 0 Å². The van der Waals surface area contributed by atoms with Gasteiger partial charge in [0.25, 0.3) is 0 Å². The molecule has 2 unspecified atom stereocenters. The molecule has 0 fully saturated rings. The Bertz CT molecular complexity index is 1820. The number of rotatable bonds is 56. The van der Waals surface area contributed by atoms with Crippen molar-refractivity contribution >= 4 is 17.9 Å². The standard InChI is InChI=1S/C71H115NO8/c1-6-8-10-12-14-16-18-20-22-24-25-26-27-28-29-30-31-32-33-34-35-36-37-38-39-40-41-42-43-44-45-46-48-50-52-54-56-58-60-62-69(74)80-67(66-79-71(70(75)76)77-64-63-72(3,4)5)65-78-68(73)61-59-57-55-53-51-49-47-23-21-19-17-15-13-11-9-7-2/h8,10,14,16,20,22-23,25-26,28-29,31-32,34-35,37-38,40-41,43-44,46-48,67,71H,6-7,9,11-13,15,17-19,21,24,27,30,33,36,39,42,45,49-66H2,1-5H3/b10-8-,16-14-,22-20-,26-25-,29-28-,32-31-,35-34-,38-37-,41-40-,44-43-,47-23-,48-46-. The Morgan fingerprint density at radius 2 is 0.713 bits per heavy atom. The van der Waals surface area contributed by atoms with Gasteiger partial charge in [0.15, 0.2) is 12.4 Å². The van der Waals surface area contributed by atoms with Gasteiger partial charge in [0.05, 0.1) is 40.3 Å². The van der Waals surface area contributed by atoms with Crippen LogP contribution in [0.15, 0.2) is 146 Å². The number of hydrogen-bond acceptors (Lipinski definition) is 8. The highest BCUT2D eigenvalue weighted by Gasteiger charge is 2.22. The fraction of sp³-hybridized carbons (Fsp3) is 0.620. The van der Waals surface area contributed by atoms with Gasteiger partial charge in [-0.2, -0.15) is 0 Å². The van der Waals surface area contributed by atoms with Gasteiger partial charge in [-0.15, -0.1) is 0 Å². The Hall–Kier alpha value is -4.83. The normalized spacial score (nSPS) is 13.8. The molecule has 9 nitrogen and oxygen atoms in total. The van der Waals surface area contributed by atoms with Gasteiger partial charge in [-0.25, -0.2) is 0 Å². The summed E-state index contributed by atoms with van der Waals surface area (Å²) in [5.41, 5.74) is 0. The van der Waals surface area contributed by atoms with Crippen molar-refractivity contribution in [3.05, 3.63) is 146 Å². The highest BCUT2D eigenvalue weighted by atomic mass is 16.7. The van der Waals surface area contributed by atoms with Crippen molar-refractivity contribution in [2.24, 2.45) is 0 Å². The number of carboxylic acids is 1. The maximum absolute atomic E-state index is 12.9. The fourth-order valence-electron chi connectivity index (χ4n) is 8.00. The molecule has 0 radical (unpaired) electrons. The Morgan fingerprint density at radius 1 is 0.388 bits per heavy atom. The summed E-state index contributed by atoms with van der Waals surface area (Å²) in [6.45, 7) is 4.58. The van der Waals surface area contributed by atoms with E-state index in [9.17, 15) is 19.5 Å². The third kappa shape index (κ3) is 60.8. The number of carbonyl (C=O) groups is 3. The molecule has 0 aromatic carbocycles. The van der Waals surface area contributed by atoms with Crippen LogP contribution in [0, 0.1) is 0 Å². The summed E-state index contributed by atoms with van der Waals surface area (Å²) in [6.07, 6.45) is 84.8. The molecule has 0 amide bonds. The first kappa shape index (κ1) is 75.2. The summed E-state index contributed by atoms with van der Waals surface area (Å²) in [5.74, 6) is -2.33. The van der Waals surface area contributed by atoms with Crippen molar-refractivity contribution in [3.63, 3.8) is 0 Å². The van der Waals surface area contributed by atoms with Crippen molar-refractivity contribution in [2.75, 3.05) is 47.5 Å². The maximum Gasteiger partial charge on any atom is 0.306 e. The number of esters is 2. The summed E-state index contributed by atoms with van der Waals surface area (Å²) >= 11 is 0. The number of likely N-dealkylation sites (N-methyl/N-ethyl adjacent to an activating group) is 1. The van der Waals surface area contributed by atoms with Crippen molar-refractivity contribution in [1.29, 1.82) is 0 Å². The molecule has 0 aromatic heterocycles. The summed E-state index contributed by atoms with van der Waals surface area (Å²) in [7, 11) is 5.90. The minimum atomic E-state index is -1.64. The highest BCUT2D eigenvalue weighted by Crippen LogP contribution is 2.14. The second-order valence-corrected chi connectivity index (χ2v) is 21.6. The van der Waals surface area contributed by atoms with Crippen LogP contribution in [0.4, 0.5) is 0 Å². The van der Waals surface area contributed by atoms with Crippen molar-refractivity contribution in [3.8, 4) is 0 Å². The lowest BCUT2D eigenvalue weighted by Crippen LogP contribution is -2.44. The minimum Gasteiger partial charge on any atom is -0.545 e. The van der Waals surface area contributed by atoms with Crippen LogP contribution < -0.4 is 5.11 Å². The third-order valence-corrected chi connectivity index (χ3v) is 12.8. The van der Waals surface area contributed by atoms with Gasteiger partial charge in [0.1, 0.15) is 13.2 Å². The smallest absolute Gasteiger partial charge is 0.306 e. The number of aliphatic carboxylic acids is 1. The zero-order valence-electron chi connectivity index (χ0n) is 51.4. The van der Waals surface area contributed by atoms with Crippen LogP contribution in [-0.4, -0.2) is 82.3 Å². The van der Waals surface area contributed by atoms with E-state index in [0.29, 0.717) is 17.4 Å². The molecule has 2 atom stereocenters. The van der Waals surface area contributed by atoms with E-state index in [-0.39, 0.29) is 38.6 Å². The molecule has 0 aliphatic carbocycles. The quantitative estimate of drug-likeness (QED) is 0.0195. The maximum atomic E-state index is 12.9. The molecule has 0 N–H and O–H groups in total. The highest BCUT2D eigenvalue weighted by molar-refractivity contribution is 5.70. The molecule has 9 heteroatoms. The van der Waals surface area contributed by atoms with Gasteiger partial charge >= 0.3 is 11.9 Å². The first-order valence-electron chi connectivity index (χ1n) is 31.5. The van der Waals surface area contributed by atoms with Crippen LogP contribution in [0.5, 0.6) is 0 Å².